The molecule has 0 fully saturated rings. The van der Waals surface area contributed by atoms with Crippen LogP contribution in [0.2, 0.25) is 0 Å². The topological polar surface area (TPSA) is 81.9 Å². The van der Waals surface area contributed by atoms with Gasteiger partial charge in [0.05, 0.1) is 25.8 Å². The Labute approximate surface area is 192 Å². The van der Waals surface area contributed by atoms with Crippen LogP contribution in [0.1, 0.15) is 32.4 Å². The molecule has 1 aliphatic heterocycles. The van der Waals surface area contributed by atoms with Gasteiger partial charge in [-0.3, -0.25) is 14.5 Å². The molecule has 1 aromatic heterocycles. The third-order valence-electron chi connectivity index (χ3n) is 5.63. The highest BCUT2D eigenvalue weighted by Gasteiger charge is 2.48. The Morgan fingerprint density at radius 2 is 1.70 bits per heavy atom. The molecule has 0 spiro atoms. The van der Waals surface area contributed by atoms with Crippen LogP contribution >= 0.6 is 0 Å². The molecule has 0 bridgehead atoms. The number of ether oxygens (including phenoxy) is 2. The second-order valence-electron chi connectivity index (χ2n) is 8.78. The summed E-state index contributed by atoms with van der Waals surface area (Å²) in [7, 11) is 2.98. The Kier molecular flexibility index (Phi) is 5.80. The van der Waals surface area contributed by atoms with E-state index in [9.17, 15) is 9.59 Å². The smallest absolute Gasteiger partial charge is 0.294 e. The van der Waals surface area contributed by atoms with Gasteiger partial charge in [-0.1, -0.05) is 56.3 Å². The van der Waals surface area contributed by atoms with E-state index in [-0.39, 0.29) is 17.4 Å². The predicted molar refractivity (Wildman–Crippen MR) is 124 cm³/mol. The number of nitrogens with zero attached hydrogens (tertiary/aromatic N) is 2. The highest BCUT2D eigenvalue weighted by Crippen LogP contribution is 2.46. The summed E-state index contributed by atoms with van der Waals surface area (Å²) >= 11 is 0. The lowest BCUT2D eigenvalue weighted by molar-refractivity contribution is -0.123. The molecule has 2 aromatic carbocycles. The normalized spacial score (nSPS) is 16.3. The van der Waals surface area contributed by atoms with Gasteiger partial charge in [0.25, 0.3) is 5.91 Å². The molecule has 0 saturated heterocycles. The van der Waals surface area contributed by atoms with Crippen LogP contribution in [0.5, 0.6) is 5.75 Å². The number of carbonyl (C=O) groups excluding carboxylic acids is 2. The number of hydrogen-bond donors (Lipinski definition) is 0. The zero-order chi connectivity index (χ0) is 23.8. The number of Topliss-reactive ketones (excluding diaryl/α,β-unsaturated/α-hetero) is 1. The second-order valence-corrected chi connectivity index (χ2v) is 8.78. The van der Waals surface area contributed by atoms with Crippen molar-refractivity contribution in [3.05, 3.63) is 77.8 Å². The molecule has 0 radical (unpaired) electrons. The Morgan fingerprint density at radius 3 is 2.27 bits per heavy atom. The third-order valence-corrected chi connectivity index (χ3v) is 5.63. The highest BCUT2D eigenvalue weighted by atomic mass is 16.5. The molecule has 1 unspecified atom stereocenters. The molecule has 0 saturated carbocycles. The average Bonchev–Trinajstić information content (AvgIpc) is 3.44. The number of aromatic nitrogens is 1. The summed E-state index contributed by atoms with van der Waals surface area (Å²) in [5.74, 6) is 0.0861. The fourth-order valence-electron chi connectivity index (χ4n) is 4.03. The molecule has 2 heterocycles. The maximum absolute atomic E-state index is 13.6. The number of rotatable bonds is 6. The highest BCUT2D eigenvalue weighted by molar-refractivity contribution is 6.17. The number of benzene rings is 2. The Morgan fingerprint density at radius 1 is 1.00 bits per heavy atom. The van der Waals surface area contributed by atoms with E-state index in [1.165, 1.54) is 13.4 Å². The number of ketones is 1. The molecule has 170 valence electrons. The lowest BCUT2D eigenvalue weighted by Crippen LogP contribution is -2.33. The summed E-state index contributed by atoms with van der Waals surface area (Å²) in [6.07, 6.45) is 1.50. The zero-order valence-electron chi connectivity index (χ0n) is 19.3. The standard InChI is InChI=1S/C26H26N2O5/c1-26(2,3)24(29)21-22(18-8-6-7-9-20(18)31-4)28(25(30)23(21)32-5)17-12-10-16(11-13-17)19-14-15-33-27-19/h6-15,22H,1-5H3. The first-order valence-electron chi connectivity index (χ1n) is 10.6. The molecule has 4 rings (SSSR count). The van der Waals surface area contributed by atoms with Gasteiger partial charge in [-0.25, -0.2) is 0 Å². The molecular formula is C26H26N2O5. The van der Waals surface area contributed by atoms with Crippen molar-refractivity contribution in [3.8, 4) is 17.0 Å². The summed E-state index contributed by atoms with van der Waals surface area (Å²) in [6, 6.07) is 15.8. The van der Waals surface area contributed by atoms with Gasteiger partial charge in [0.1, 0.15) is 17.7 Å². The van der Waals surface area contributed by atoms with Crippen LogP contribution in [-0.2, 0) is 14.3 Å². The minimum atomic E-state index is -0.716. The minimum absolute atomic E-state index is 0.0476. The molecule has 1 aliphatic rings. The van der Waals surface area contributed by atoms with E-state index in [0.29, 0.717) is 28.3 Å². The van der Waals surface area contributed by atoms with Crippen LogP contribution in [-0.4, -0.2) is 31.1 Å². The van der Waals surface area contributed by atoms with E-state index in [1.54, 1.807) is 18.1 Å². The second kappa shape index (κ2) is 8.58. The summed E-state index contributed by atoms with van der Waals surface area (Å²) in [4.78, 5) is 28.8. The average molecular weight is 447 g/mol. The van der Waals surface area contributed by atoms with Crippen LogP contribution in [0.25, 0.3) is 11.3 Å². The molecule has 3 aromatic rings. The number of carbonyl (C=O) groups is 2. The zero-order valence-corrected chi connectivity index (χ0v) is 19.3. The summed E-state index contributed by atoms with van der Waals surface area (Å²) in [5.41, 5.74) is 2.46. The minimum Gasteiger partial charge on any atom is -0.496 e. The molecule has 0 aliphatic carbocycles. The van der Waals surface area contributed by atoms with Gasteiger partial charge in [-0.15, -0.1) is 0 Å². The van der Waals surface area contributed by atoms with Crippen molar-refractivity contribution in [2.24, 2.45) is 5.41 Å². The van der Waals surface area contributed by atoms with E-state index >= 15 is 0 Å². The molecule has 1 amide bonds. The fraction of sp³-hybridized carbons (Fsp3) is 0.269. The van der Waals surface area contributed by atoms with Crippen LogP contribution in [0.15, 0.2) is 76.7 Å². The summed E-state index contributed by atoms with van der Waals surface area (Å²) in [5, 5.41) is 3.96. The fourth-order valence-corrected chi connectivity index (χ4v) is 4.03. The Hall–Kier alpha value is -3.87. The van der Waals surface area contributed by atoms with E-state index < -0.39 is 11.5 Å². The monoisotopic (exact) mass is 446 g/mol. The number of hydrogen-bond acceptors (Lipinski definition) is 6. The number of amides is 1. The molecule has 1 atom stereocenters. The van der Waals surface area contributed by atoms with Gasteiger partial charge in [0.2, 0.25) is 0 Å². The van der Waals surface area contributed by atoms with Crippen molar-refractivity contribution in [3.63, 3.8) is 0 Å². The number of methoxy groups -OCH3 is 2. The van der Waals surface area contributed by atoms with E-state index in [2.05, 4.69) is 5.16 Å². The molecule has 0 N–H and O–H groups in total. The largest absolute Gasteiger partial charge is 0.496 e. The SMILES string of the molecule is COC1=C(C(=O)C(C)(C)C)C(c2ccccc2OC)N(c2ccc(-c3ccon3)cc2)C1=O. The number of para-hydroxylation sites is 1. The Balaban J connectivity index is 1.89. The van der Waals surface area contributed by atoms with Crippen molar-refractivity contribution >= 4 is 17.4 Å². The first-order valence-corrected chi connectivity index (χ1v) is 10.6. The first kappa shape index (κ1) is 22.3. The van der Waals surface area contributed by atoms with Gasteiger partial charge >= 0.3 is 0 Å². The van der Waals surface area contributed by atoms with E-state index in [1.807, 2.05) is 69.3 Å². The van der Waals surface area contributed by atoms with E-state index in [0.717, 1.165) is 5.56 Å². The Bertz CT molecular complexity index is 1200. The summed E-state index contributed by atoms with van der Waals surface area (Å²) in [6.45, 7) is 5.48. The van der Waals surface area contributed by atoms with Crippen LogP contribution in [0, 0.1) is 5.41 Å². The van der Waals surface area contributed by atoms with E-state index in [4.69, 9.17) is 14.0 Å². The maximum atomic E-state index is 13.6. The van der Waals surface area contributed by atoms with Crippen molar-refractivity contribution < 1.29 is 23.6 Å². The van der Waals surface area contributed by atoms with Crippen LogP contribution in [0.4, 0.5) is 5.69 Å². The van der Waals surface area contributed by atoms with Gasteiger partial charge in [-0.2, -0.15) is 0 Å². The van der Waals surface area contributed by atoms with Gasteiger partial charge in [0, 0.05) is 28.3 Å². The van der Waals surface area contributed by atoms with Crippen LogP contribution < -0.4 is 9.64 Å². The van der Waals surface area contributed by atoms with Gasteiger partial charge in [0.15, 0.2) is 11.5 Å². The molecular weight excluding hydrogens is 420 g/mol. The summed E-state index contributed by atoms with van der Waals surface area (Å²) < 4.78 is 16.0. The molecule has 7 nitrogen and oxygen atoms in total. The van der Waals surface area contributed by atoms with Crippen molar-refractivity contribution in [1.82, 2.24) is 5.16 Å². The predicted octanol–water partition coefficient (Wildman–Crippen LogP) is 4.95. The lowest BCUT2D eigenvalue weighted by atomic mass is 9.82. The lowest BCUT2D eigenvalue weighted by Gasteiger charge is -2.29. The van der Waals surface area contributed by atoms with Crippen molar-refractivity contribution in [2.45, 2.75) is 26.8 Å². The quantitative estimate of drug-likeness (QED) is 0.533. The maximum Gasteiger partial charge on any atom is 0.294 e. The third kappa shape index (κ3) is 3.91. The van der Waals surface area contributed by atoms with Gasteiger partial charge < -0.3 is 14.0 Å². The van der Waals surface area contributed by atoms with Crippen molar-refractivity contribution in [1.29, 1.82) is 0 Å². The van der Waals surface area contributed by atoms with Crippen LogP contribution in [0.3, 0.4) is 0 Å². The first-order chi connectivity index (χ1) is 15.8. The number of anilines is 1. The van der Waals surface area contributed by atoms with Crippen molar-refractivity contribution in [2.75, 3.05) is 19.1 Å². The molecule has 7 heteroatoms. The molecule has 33 heavy (non-hydrogen) atoms. The van der Waals surface area contributed by atoms with Gasteiger partial charge in [-0.05, 0) is 18.2 Å².